The van der Waals surface area contributed by atoms with Crippen molar-refractivity contribution >= 4 is 23.2 Å². The van der Waals surface area contributed by atoms with Gasteiger partial charge in [0.15, 0.2) is 11.4 Å². The standard InChI is InChI=1S/C13H13F3O4S/c1-7(18)21-6-11(19)12(20)8-2-3-9(5-17)10(4-8)13(14,15)16/h2-5,11-12,19-20H,6H2,1H3. The molecule has 0 heterocycles. The molecule has 2 atom stereocenters. The molecule has 0 radical (unpaired) electrons. The van der Waals surface area contributed by atoms with Gasteiger partial charge in [-0.25, -0.2) is 0 Å². The highest BCUT2D eigenvalue weighted by molar-refractivity contribution is 8.13. The number of carbonyl (C=O) groups is 2. The van der Waals surface area contributed by atoms with Gasteiger partial charge in [-0.15, -0.1) is 0 Å². The van der Waals surface area contributed by atoms with Gasteiger partial charge in [-0.1, -0.05) is 23.9 Å². The summed E-state index contributed by atoms with van der Waals surface area (Å²) >= 11 is 0.752. The summed E-state index contributed by atoms with van der Waals surface area (Å²) in [5.41, 5.74) is -1.91. The average molecular weight is 322 g/mol. The third-order valence-corrected chi connectivity index (χ3v) is 3.59. The van der Waals surface area contributed by atoms with Crippen molar-refractivity contribution < 1.29 is 33.0 Å². The molecule has 0 amide bonds. The van der Waals surface area contributed by atoms with Gasteiger partial charge in [0.25, 0.3) is 0 Å². The van der Waals surface area contributed by atoms with Crippen molar-refractivity contribution in [3.8, 4) is 0 Å². The molecule has 8 heteroatoms. The fraction of sp³-hybridized carbons (Fsp3) is 0.385. The summed E-state index contributed by atoms with van der Waals surface area (Å²) in [5.74, 6) is -0.146. The van der Waals surface area contributed by atoms with Crippen LogP contribution in [0.1, 0.15) is 34.5 Å². The molecule has 0 aliphatic heterocycles. The number of halogens is 3. The Balaban J connectivity index is 3.03. The largest absolute Gasteiger partial charge is 0.417 e. The topological polar surface area (TPSA) is 74.6 Å². The first-order chi connectivity index (χ1) is 9.66. The van der Waals surface area contributed by atoms with Crippen molar-refractivity contribution in [2.24, 2.45) is 0 Å². The number of rotatable bonds is 5. The van der Waals surface area contributed by atoms with Crippen LogP contribution in [0.4, 0.5) is 13.2 Å². The minimum atomic E-state index is -4.74. The third-order valence-electron chi connectivity index (χ3n) is 2.67. The monoisotopic (exact) mass is 322 g/mol. The van der Waals surface area contributed by atoms with E-state index >= 15 is 0 Å². The molecule has 4 nitrogen and oxygen atoms in total. The SMILES string of the molecule is CC(=O)SCC(O)C(O)c1ccc(C=O)c(C(F)(F)F)c1. The van der Waals surface area contributed by atoms with Gasteiger partial charge in [-0.3, -0.25) is 9.59 Å². The van der Waals surface area contributed by atoms with E-state index < -0.39 is 29.5 Å². The number of hydrogen-bond acceptors (Lipinski definition) is 5. The highest BCUT2D eigenvalue weighted by atomic mass is 32.2. The van der Waals surface area contributed by atoms with E-state index in [1.54, 1.807) is 0 Å². The van der Waals surface area contributed by atoms with Crippen LogP contribution in [-0.4, -0.2) is 33.5 Å². The summed E-state index contributed by atoms with van der Waals surface area (Å²) in [5, 5.41) is 19.2. The van der Waals surface area contributed by atoms with E-state index in [1.807, 2.05) is 0 Å². The van der Waals surface area contributed by atoms with Crippen LogP contribution in [0.2, 0.25) is 0 Å². The predicted octanol–water partition coefficient (Wildman–Crippen LogP) is 2.19. The van der Waals surface area contributed by atoms with Crippen molar-refractivity contribution in [1.82, 2.24) is 0 Å². The summed E-state index contributed by atoms with van der Waals surface area (Å²) in [4.78, 5) is 21.4. The van der Waals surface area contributed by atoms with E-state index in [0.29, 0.717) is 6.07 Å². The van der Waals surface area contributed by atoms with E-state index in [2.05, 4.69) is 0 Å². The number of hydrogen-bond donors (Lipinski definition) is 2. The second-order valence-corrected chi connectivity index (χ2v) is 5.47. The lowest BCUT2D eigenvalue weighted by Gasteiger charge is -2.19. The molecule has 0 bridgehead atoms. The van der Waals surface area contributed by atoms with Crippen LogP contribution in [0.15, 0.2) is 18.2 Å². The van der Waals surface area contributed by atoms with Crippen molar-refractivity contribution in [3.05, 3.63) is 34.9 Å². The molecular weight excluding hydrogens is 309 g/mol. The molecule has 2 unspecified atom stereocenters. The molecule has 116 valence electrons. The molecule has 0 saturated carbocycles. The minimum Gasteiger partial charge on any atom is -0.389 e. The second kappa shape index (κ2) is 7.06. The summed E-state index contributed by atoms with van der Waals surface area (Å²) in [6.07, 6.45) is -7.66. The molecular formula is C13H13F3O4S. The van der Waals surface area contributed by atoms with Crippen LogP contribution in [0.3, 0.4) is 0 Å². The molecule has 0 aliphatic rings. The zero-order valence-corrected chi connectivity index (χ0v) is 11.7. The van der Waals surface area contributed by atoms with Crippen LogP contribution < -0.4 is 0 Å². The van der Waals surface area contributed by atoms with Crippen molar-refractivity contribution in [2.75, 3.05) is 5.75 Å². The lowest BCUT2D eigenvalue weighted by molar-refractivity contribution is -0.138. The average Bonchev–Trinajstić information content (AvgIpc) is 2.42. The maximum absolute atomic E-state index is 12.8. The second-order valence-electron chi connectivity index (χ2n) is 4.28. The van der Waals surface area contributed by atoms with Gasteiger partial charge in [0, 0.05) is 18.2 Å². The quantitative estimate of drug-likeness (QED) is 0.813. The van der Waals surface area contributed by atoms with Gasteiger partial charge in [-0.2, -0.15) is 13.2 Å². The third kappa shape index (κ3) is 4.83. The Morgan fingerprint density at radius 1 is 1.38 bits per heavy atom. The summed E-state index contributed by atoms with van der Waals surface area (Å²) in [6, 6.07) is 2.68. The van der Waals surface area contributed by atoms with Crippen molar-refractivity contribution in [1.29, 1.82) is 0 Å². The molecule has 0 aliphatic carbocycles. The highest BCUT2D eigenvalue weighted by Crippen LogP contribution is 2.34. The van der Waals surface area contributed by atoms with Gasteiger partial charge >= 0.3 is 6.18 Å². The first-order valence-electron chi connectivity index (χ1n) is 5.82. The first-order valence-corrected chi connectivity index (χ1v) is 6.81. The summed E-state index contributed by atoms with van der Waals surface area (Å²) in [6.45, 7) is 1.27. The number of aldehydes is 1. The maximum atomic E-state index is 12.8. The molecule has 0 spiro atoms. The zero-order chi connectivity index (χ0) is 16.2. The fourth-order valence-corrected chi connectivity index (χ4v) is 2.21. The van der Waals surface area contributed by atoms with E-state index in [9.17, 15) is 33.0 Å². The fourth-order valence-electron chi connectivity index (χ4n) is 1.62. The molecule has 1 aromatic carbocycles. The number of benzene rings is 1. The molecule has 0 saturated heterocycles. The Morgan fingerprint density at radius 3 is 2.48 bits per heavy atom. The first kappa shape index (κ1) is 17.7. The summed E-state index contributed by atoms with van der Waals surface area (Å²) in [7, 11) is 0. The van der Waals surface area contributed by atoms with Gasteiger partial charge in [-0.05, 0) is 11.6 Å². The van der Waals surface area contributed by atoms with Gasteiger partial charge in [0.2, 0.25) is 0 Å². The minimum absolute atomic E-state index is 0.0705. The van der Waals surface area contributed by atoms with Gasteiger partial charge in [0.05, 0.1) is 11.7 Å². The van der Waals surface area contributed by atoms with Gasteiger partial charge < -0.3 is 10.2 Å². The Morgan fingerprint density at radius 2 is 2.00 bits per heavy atom. The van der Waals surface area contributed by atoms with Crippen LogP contribution in [0.5, 0.6) is 0 Å². The molecule has 1 rings (SSSR count). The Labute approximate surface area is 123 Å². The number of alkyl halides is 3. The number of thioether (sulfide) groups is 1. The highest BCUT2D eigenvalue weighted by Gasteiger charge is 2.34. The van der Waals surface area contributed by atoms with Crippen LogP contribution in [0.25, 0.3) is 0 Å². The van der Waals surface area contributed by atoms with Gasteiger partial charge in [0.1, 0.15) is 6.10 Å². The van der Waals surface area contributed by atoms with E-state index in [1.165, 1.54) is 6.92 Å². The van der Waals surface area contributed by atoms with E-state index in [4.69, 9.17) is 0 Å². The molecule has 0 aromatic heterocycles. The Bertz CT molecular complexity index is 531. The number of aliphatic hydroxyl groups is 2. The lowest BCUT2D eigenvalue weighted by Crippen LogP contribution is -2.22. The number of aliphatic hydroxyl groups excluding tert-OH is 2. The predicted molar refractivity (Wildman–Crippen MR) is 70.9 cm³/mol. The lowest BCUT2D eigenvalue weighted by atomic mass is 9.99. The van der Waals surface area contributed by atoms with Crippen LogP contribution in [0, 0.1) is 0 Å². The van der Waals surface area contributed by atoms with E-state index in [0.717, 1.165) is 23.9 Å². The number of carbonyl (C=O) groups excluding carboxylic acids is 2. The smallest absolute Gasteiger partial charge is 0.389 e. The molecule has 2 N–H and O–H groups in total. The van der Waals surface area contributed by atoms with E-state index in [-0.39, 0.29) is 22.7 Å². The molecule has 0 fully saturated rings. The zero-order valence-electron chi connectivity index (χ0n) is 10.9. The Kier molecular flexibility index (Phi) is 5.94. The molecule has 1 aromatic rings. The van der Waals surface area contributed by atoms with Crippen LogP contribution >= 0.6 is 11.8 Å². The van der Waals surface area contributed by atoms with Crippen molar-refractivity contribution in [3.63, 3.8) is 0 Å². The summed E-state index contributed by atoms with van der Waals surface area (Å²) < 4.78 is 38.3. The normalized spacial score (nSPS) is 14.6. The Hall–Kier alpha value is -1.38. The maximum Gasteiger partial charge on any atom is 0.417 e. The molecule has 21 heavy (non-hydrogen) atoms. The van der Waals surface area contributed by atoms with Crippen LogP contribution in [-0.2, 0) is 11.0 Å². The van der Waals surface area contributed by atoms with Crippen molar-refractivity contribution in [2.45, 2.75) is 25.3 Å².